The summed E-state index contributed by atoms with van der Waals surface area (Å²) in [6.45, 7) is 0.774. The highest BCUT2D eigenvalue weighted by molar-refractivity contribution is 5.88. The van der Waals surface area contributed by atoms with E-state index in [9.17, 15) is 9.59 Å². The highest BCUT2D eigenvalue weighted by Crippen LogP contribution is 2.25. The van der Waals surface area contributed by atoms with Crippen LogP contribution in [0.15, 0.2) is 18.3 Å². The van der Waals surface area contributed by atoms with Gasteiger partial charge in [-0.05, 0) is 30.9 Å². The molecule has 6 heteroatoms. The molecule has 1 aliphatic rings. The van der Waals surface area contributed by atoms with Crippen LogP contribution < -0.4 is 5.32 Å². The SMILES string of the molecule is CN(CC1CCCC1)C(=O)Nc1ccc(CC(=O)O)nc1. The van der Waals surface area contributed by atoms with E-state index in [4.69, 9.17) is 5.11 Å². The minimum Gasteiger partial charge on any atom is -0.481 e. The molecule has 21 heavy (non-hydrogen) atoms. The molecule has 2 rings (SSSR count). The van der Waals surface area contributed by atoms with Crippen LogP contribution >= 0.6 is 0 Å². The Morgan fingerprint density at radius 3 is 2.67 bits per heavy atom. The Balaban J connectivity index is 1.84. The number of nitrogens with zero attached hydrogens (tertiary/aromatic N) is 2. The molecule has 1 aromatic rings. The van der Waals surface area contributed by atoms with Gasteiger partial charge in [0, 0.05) is 13.6 Å². The number of carbonyl (C=O) groups is 2. The molecule has 0 unspecified atom stereocenters. The Morgan fingerprint density at radius 2 is 2.10 bits per heavy atom. The van der Waals surface area contributed by atoms with Gasteiger partial charge in [-0.25, -0.2) is 4.79 Å². The standard InChI is InChI=1S/C15H21N3O3/c1-18(10-11-4-2-3-5-11)15(21)17-13-7-6-12(16-9-13)8-14(19)20/h6-7,9,11H,2-5,8,10H2,1H3,(H,17,21)(H,19,20). The van der Waals surface area contributed by atoms with E-state index in [0.29, 0.717) is 17.3 Å². The number of amides is 2. The molecule has 1 heterocycles. The van der Waals surface area contributed by atoms with E-state index in [1.54, 1.807) is 24.1 Å². The van der Waals surface area contributed by atoms with Crippen LogP contribution in [0, 0.1) is 5.92 Å². The predicted octanol–water partition coefficient (Wildman–Crippen LogP) is 2.36. The molecule has 6 nitrogen and oxygen atoms in total. The average Bonchev–Trinajstić information content (AvgIpc) is 2.93. The van der Waals surface area contributed by atoms with Crippen molar-refractivity contribution >= 4 is 17.7 Å². The van der Waals surface area contributed by atoms with Gasteiger partial charge in [-0.2, -0.15) is 0 Å². The summed E-state index contributed by atoms with van der Waals surface area (Å²) in [5.41, 5.74) is 1.05. The molecule has 0 saturated heterocycles. The molecule has 1 aromatic heterocycles. The monoisotopic (exact) mass is 291 g/mol. The van der Waals surface area contributed by atoms with E-state index >= 15 is 0 Å². The van der Waals surface area contributed by atoms with Crippen molar-refractivity contribution in [2.45, 2.75) is 32.1 Å². The van der Waals surface area contributed by atoms with Gasteiger partial charge in [0.05, 0.1) is 24.0 Å². The van der Waals surface area contributed by atoms with E-state index in [1.165, 1.54) is 31.9 Å². The lowest BCUT2D eigenvalue weighted by Crippen LogP contribution is -2.34. The Kier molecular flexibility index (Phi) is 5.14. The van der Waals surface area contributed by atoms with E-state index in [-0.39, 0.29) is 12.5 Å². The number of rotatable bonds is 5. The van der Waals surface area contributed by atoms with Crippen molar-refractivity contribution in [3.8, 4) is 0 Å². The lowest BCUT2D eigenvalue weighted by atomic mass is 10.1. The van der Waals surface area contributed by atoms with Gasteiger partial charge >= 0.3 is 12.0 Å². The van der Waals surface area contributed by atoms with Crippen LogP contribution in [0.5, 0.6) is 0 Å². The fraction of sp³-hybridized carbons (Fsp3) is 0.533. The first-order chi connectivity index (χ1) is 10.0. The van der Waals surface area contributed by atoms with Crippen molar-refractivity contribution < 1.29 is 14.7 Å². The predicted molar refractivity (Wildman–Crippen MR) is 79.2 cm³/mol. The Morgan fingerprint density at radius 1 is 1.38 bits per heavy atom. The van der Waals surface area contributed by atoms with Crippen LogP contribution in [0.2, 0.25) is 0 Å². The molecular formula is C15H21N3O3. The first-order valence-electron chi connectivity index (χ1n) is 7.23. The topological polar surface area (TPSA) is 82.5 Å². The molecule has 1 saturated carbocycles. The number of aliphatic carboxylic acids is 1. The molecule has 0 atom stereocenters. The summed E-state index contributed by atoms with van der Waals surface area (Å²) in [5, 5.41) is 11.4. The number of carbonyl (C=O) groups excluding carboxylic acids is 1. The minimum atomic E-state index is -0.921. The lowest BCUT2D eigenvalue weighted by Gasteiger charge is -2.21. The van der Waals surface area contributed by atoms with Crippen LogP contribution in [0.1, 0.15) is 31.4 Å². The molecule has 0 spiro atoms. The second-order valence-corrected chi connectivity index (χ2v) is 5.57. The molecule has 0 radical (unpaired) electrons. The summed E-state index contributed by atoms with van der Waals surface area (Å²) in [6.07, 6.45) is 6.28. The second kappa shape index (κ2) is 7.06. The van der Waals surface area contributed by atoms with E-state index in [2.05, 4.69) is 10.3 Å². The van der Waals surface area contributed by atoms with Gasteiger partial charge in [0.15, 0.2) is 0 Å². The minimum absolute atomic E-state index is 0.115. The zero-order valence-corrected chi connectivity index (χ0v) is 12.2. The number of carboxylic acids is 1. The molecule has 2 amide bonds. The Hall–Kier alpha value is -2.11. The van der Waals surface area contributed by atoms with Crippen molar-refractivity contribution in [1.82, 2.24) is 9.88 Å². The fourth-order valence-electron chi connectivity index (χ4n) is 2.64. The molecule has 0 aromatic carbocycles. The zero-order chi connectivity index (χ0) is 15.2. The largest absolute Gasteiger partial charge is 0.481 e. The highest BCUT2D eigenvalue weighted by atomic mass is 16.4. The molecule has 1 fully saturated rings. The van der Waals surface area contributed by atoms with Gasteiger partial charge in [0.2, 0.25) is 0 Å². The third kappa shape index (κ3) is 4.73. The third-order valence-electron chi connectivity index (χ3n) is 3.76. The number of pyridine rings is 1. The molecule has 114 valence electrons. The van der Waals surface area contributed by atoms with Crippen LogP contribution in [-0.2, 0) is 11.2 Å². The van der Waals surface area contributed by atoms with Gasteiger partial charge in [-0.15, -0.1) is 0 Å². The van der Waals surface area contributed by atoms with Gasteiger partial charge in [0.25, 0.3) is 0 Å². The summed E-state index contributed by atoms with van der Waals surface area (Å²) >= 11 is 0. The summed E-state index contributed by atoms with van der Waals surface area (Å²) < 4.78 is 0. The normalized spacial score (nSPS) is 14.9. The van der Waals surface area contributed by atoms with E-state index in [1.807, 2.05) is 0 Å². The number of aromatic nitrogens is 1. The quantitative estimate of drug-likeness (QED) is 0.872. The number of carboxylic acid groups (broad SMARTS) is 1. The zero-order valence-electron chi connectivity index (χ0n) is 12.2. The summed E-state index contributed by atoms with van der Waals surface area (Å²) in [7, 11) is 1.79. The Bertz CT molecular complexity index is 495. The highest BCUT2D eigenvalue weighted by Gasteiger charge is 2.19. The van der Waals surface area contributed by atoms with Gasteiger partial charge in [0.1, 0.15) is 0 Å². The van der Waals surface area contributed by atoms with Crippen LogP contribution in [0.4, 0.5) is 10.5 Å². The second-order valence-electron chi connectivity index (χ2n) is 5.57. The third-order valence-corrected chi connectivity index (χ3v) is 3.76. The van der Waals surface area contributed by atoms with Gasteiger partial charge in [-0.1, -0.05) is 12.8 Å². The van der Waals surface area contributed by atoms with Gasteiger partial charge < -0.3 is 15.3 Å². The van der Waals surface area contributed by atoms with Crippen LogP contribution in [0.3, 0.4) is 0 Å². The number of hydrogen-bond acceptors (Lipinski definition) is 3. The number of nitrogens with one attached hydrogen (secondary N) is 1. The molecule has 1 aliphatic carbocycles. The van der Waals surface area contributed by atoms with Crippen molar-refractivity contribution in [1.29, 1.82) is 0 Å². The van der Waals surface area contributed by atoms with Crippen molar-refractivity contribution in [3.05, 3.63) is 24.0 Å². The first-order valence-corrected chi connectivity index (χ1v) is 7.23. The van der Waals surface area contributed by atoms with Crippen molar-refractivity contribution in [3.63, 3.8) is 0 Å². The summed E-state index contributed by atoms with van der Waals surface area (Å²) in [4.78, 5) is 28.3. The summed E-state index contributed by atoms with van der Waals surface area (Å²) in [6, 6.07) is 3.13. The first kappa shape index (κ1) is 15.3. The molecule has 2 N–H and O–H groups in total. The maximum atomic E-state index is 12.1. The molecule has 0 aliphatic heterocycles. The molecular weight excluding hydrogens is 270 g/mol. The Labute approximate surface area is 124 Å². The van der Waals surface area contributed by atoms with Crippen molar-refractivity contribution in [2.75, 3.05) is 18.9 Å². The van der Waals surface area contributed by atoms with Crippen LogP contribution in [-0.4, -0.2) is 40.6 Å². The summed E-state index contributed by atoms with van der Waals surface area (Å²) in [5.74, 6) is -0.313. The van der Waals surface area contributed by atoms with E-state index in [0.717, 1.165) is 6.54 Å². The number of anilines is 1. The lowest BCUT2D eigenvalue weighted by molar-refractivity contribution is -0.136. The van der Waals surface area contributed by atoms with Crippen molar-refractivity contribution in [2.24, 2.45) is 5.92 Å². The number of hydrogen-bond donors (Lipinski definition) is 2. The molecule has 0 bridgehead atoms. The average molecular weight is 291 g/mol. The maximum absolute atomic E-state index is 12.1. The van der Waals surface area contributed by atoms with Gasteiger partial charge in [-0.3, -0.25) is 9.78 Å². The number of urea groups is 1. The van der Waals surface area contributed by atoms with Crippen LogP contribution in [0.25, 0.3) is 0 Å². The smallest absolute Gasteiger partial charge is 0.321 e. The van der Waals surface area contributed by atoms with E-state index < -0.39 is 5.97 Å². The fourth-order valence-corrected chi connectivity index (χ4v) is 2.64. The maximum Gasteiger partial charge on any atom is 0.321 e.